The minimum absolute atomic E-state index is 0.424. The zero-order valence-corrected chi connectivity index (χ0v) is 12.1. The van der Waals surface area contributed by atoms with E-state index >= 15 is 0 Å². The first-order valence-corrected chi connectivity index (χ1v) is 7.13. The summed E-state index contributed by atoms with van der Waals surface area (Å²) in [5, 5.41) is 5.13. The molecule has 3 rings (SSSR count). The number of hydrogen-bond donors (Lipinski definition) is 2. The van der Waals surface area contributed by atoms with Crippen molar-refractivity contribution in [2.45, 2.75) is 18.4 Å². The van der Waals surface area contributed by atoms with Gasteiger partial charge in [0.25, 0.3) is 5.92 Å². The van der Waals surface area contributed by atoms with Gasteiger partial charge in [0.1, 0.15) is 5.75 Å². The molecule has 1 aromatic carbocycles. The quantitative estimate of drug-likeness (QED) is 0.909. The third-order valence-electron chi connectivity index (χ3n) is 3.39. The van der Waals surface area contributed by atoms with Gasteiger partial charge in [-0.3, -0.25) is 10.1 Å². The van der Waals surface area contributed by atoms with Crippen LogP contribution in [0, 0.1) is 0 Å². The Bertz CT molecular complexity index is 695. The average Bonchev–Trinajstić information content (AvgIpc) is 2.89. The van der Waals surface area contributed by atoms with Crippen LogP contribution in [0.1, 0.15) is 6.42 Å². The van der Waals surface area contributed by atoms with Crippen molar-refractivity contribution in [3.05, 3.63) is 48.7 Å². The fourth-order valence-electron chi connectivity index (χ4n) is 2.30. The number of amides is 1. The standard InChI is InChI=1S/C16H15F2N3O2/c17-16(18)9-13(20-10-16)15(22)21-11-4-3-5-12(8-11)23-14-6-1-2-7-19-14/h1-8,13,20H,9-10H2,(H,21,22). The van der Waals surface area contributed by atoms with Gasteiger partial charge in [0.05, 0.1) is 12.6 Å². The largest absolute Gasteiger partial charge is 0.439 e. The molecule has 1 amide bonds. The van der Waals surface area contributed by atoms with Crippen LogP contribution in [-0.2, 0) is 4.79 Å². The summed E-state index contributed by atoms with van der Waals surface area (Å²) in [5.41, 5.74) is 0.473. The molecule has 120 valence electrons. The topological polar surface area (TPSA) is 63.2 Å². The maximum absolute atomic E-state index is 13.1. The predicted molar refractivity (Wildman–Crippen MR) is 80.7 cm³/mol. The van der Waals surface area contributed by atoms with Crippen LogP contribution < -0.4 is 15.4 Å². The third kappa shape index (κ3) is 4.01. The van der Waals surface area contributed by atoms with Crippen LogP contribution in [0.3, 0.4) is 0 Å². The number of halogens is 2. The highest BCUT2D eigenvalue weighted by Gasteiger charge is 2.42. The molecule has 1 aliphatic heterocycles. The SMILES string of the molecule is O=C(Nc1cccc(Oc2ccccn2)c1)C1CC(F)(F)CN1. The third-order valence-corrected chi connectivity index (χ3v) is 3.39. The van der Waals surface area contributed by atoms with E-state index in [-0.39, 0.29) is 0 Å². The van der Waals surface area contributed by atoms with E-state index in [0.717, 1.165) is 0 Å². The second-order valence-electron chi connectivity index (χ2n) is 5.28. The van der Waals surface area contributed by atoms with E-state index in [0.29, 0.717) is 17.3 Å². The molecule has 0 spiro atoms. The highest BCUT2D eigenvalue weighted by atomic mass is 19.3. The minimum Gasteiger partial charge on any atom is -0.439 e. The van der Waals surface area contributed by atoms with Crippen molar-refractivity contribution in [2.24, 2.45) is 0 Å². The van der Waals surface area contributed by atoms with Gasteiger partial charge in [-0.1, -0.05) is 12.1 Å². The van der Waals surface area contributed by atoms with E-state index in [2.05, 4.69) is 15.6 Å². The van der Waals surface area contributed by atoms with Gasteiger partial charge >= 0.3 is 0 Å². The van der Waals surface area contributed by atoms with Crippen molar-refractivity contribution in [1.29, 1.82) is 0 Å². The number of nitrogens with zero attached hydrogens (tertiary/aromatic N) is 1. The van der Waals surface area contributed by atoms with Crippen molar-refractivity contribution in [3.8, 4) is 11.6 Å². The predicted octanol–water partition coefficient (Wildman–Crippen LogP) is 2.81. The Hall–Kier alpha value is -2.54. The number of rotatable bonds is 4. The summed E-state index contributed by atoms with van der Waals surface area (Å²) in [4.78, 5) is 16.1. The molecule has 1 atom stereocenters. The zero-order chi connectivity index (χ0) is 16.3. The van der Waals surface area contributed by atoms with Crippen molar-refractivity contribution in [2.75, 3.05) is 11.9 Å². The monoisotopic (exact) mass is 319 g/mol. The Morgan fingerprint density at radius 2 is 2.17 bits per heavy atom. The van der Waals surface area contributed by atoms with Crippen molar-refractivity contribution in [3.63, 3.8) is 0 Å². The molecule has 1 unspecified atom stereocenters. The minimum atomic E-state index is -2.84. The number of carbonyl (C=O) groups is 1. The Kier molecular flexibility index (Phi) is 4.20. The van der Waals surface area contributed by atoms with Gasteiger partial charge in [0.2, 0.25) is 11.8 Å². The first-order valence-electron chi connectivity index (χ1n) is 7.13. The molecule has 0 saturated carbocycles. The number of ether oxygens (including phenoxy) is 1. The fourth-order valence-corrected chi connectivity index (χ4v) is 2.30. The number of benzene rings is 1. The fraction of sp³-hybridized carbons (Fsp3) is 0.250. The maximum Gasteiger partial charge on any atom is 0.262 e. The van der Waals surface area contributed by atoms with E-state index < -0.39 is 30.8 Å². The number of pyridine rings is 1. The summed E-state index contributed by atoms with van der Waals surface area (Å²) in [5.74, 6) is -2.41. The van der Waals surface area contributed by atoms with Crippen LogP contribution in [0.25, 0.3) is 0 Å². The van der Waals surface area contributed by atoms with Gasteiger partial charge in [-0.25, -0.2) is 13.8 Å². The molecular weight excluding hydrogens is 304 g/mol. The van der Waals surface area contributed by atoms with Gasteiger partial charge < -0.3 is 10.1 Å². The van der Waals surface area contributed by atoms with Crippen LogP contribution >= 0.6 is 0 Å². The molecule has 1 aromatic heterocycles. The molecule has 2 heterocycles. The van der Waals surface area contributed by atoms with Crippen molar-refractivity contribution < 1.29 is 18.3 Å². The second-order valence-corrected chi connectivity index (χ2v) is 5.28. The van der Waals surface area contributed by atoms with Gasteiger partial charge in [-0.05, 0) is 18.2 Å². The second kappa shape index (κ2) is 6.29. The average molecular weight is 319 g/mol. The van der Waals surface area contributed by atoms with Crippen LogP contribution in [-0.4, -0.2) is 29.4 Å². The molecule has 1 saturated heterocycles. The van der Waals surface area contributed by atoms with Gasteiger partial charge in [0.15, 0.2) is 0 Å². The highest BCUT2D eigenvalue weighted by Crippen LogP contribution is 2.27. The summed E-state index contributed by atoms with van der Waals surface area (Å²) in [6.45, 7) is -0.478. The maximum atomic E-state index is 13.1. The Morgan fingerprint density at radius 1 is 1.30 bits per heavy atom. The molecule has 2 aromatic rings. The molecule has 7 heteroatoms. The molecule has 5 nitrogen and oxygen atoms in total. The Labute approximate surface area is 131 Å². The van der Waals surface area contributed by atoms with Gasteiger partial charge in [0, 0.05) is 30.4 Å². The Balaban J connectivity index is 1.65. The lowest BCUT2D eigenvalue weighted by atomic mass is 10.2. The lowest BCUT2D eigenvalue weighted by molar-refractivity contribution is -0.118. The summed E-state index contributed by atoms with van der Waals surface area (Å²) < 4.78 is 31.8. The molecule has 23 heavy (non-hydrogen) atoms. The van der Waals surface area contributed by atoms with Crippen molar-refractivity contribution >= 4 is 11.6 Å². The smallest absolute Gasteiger partial charge is 0.262 e. The molecule has 0 bridgehead atoms. The lowest BCUT2D eigenvalue weighted by Gasteiger charge is -2.12. The summed E-state index contributed by atoms with van der Waals surface area (Å²) in [6, 6.07) is 11.1. The van der Waals surface area contributed by atoms with E-state index in [1.54, 1.807) is 48.7 Å². The van der Waals surface area contributed by atoms with E-state index in [1.807, 2.05) is 0 Å². The van der Waals surface area contributed by atoms with Gasteiger partial charge in [-0.15, -0.1) is 0 Å². The number of nitrogens with one attached hydrogen (secondary N) is 2. The normalized spacial score (nSPS) is 19.3. The van der Waals surface area contributed by atoms with Gasteiger partial charge in [-0.2, -0.15) is 0 Å². The Morgan fingerprint density at radius 3 is 2.87 bits per heavy atom. The molecule has 0 radical (unpaired) electrons. The molecule has 2 N–H and O–H groups in total. The number of aromatic nitrogens is 1. The van der Waals surface area contributed by atoms with E-state index in [1.165, 1.54) is 0 Å². The molecule has 0 aliphatic carbocycles. The van der Waals surface area contributed by atoms with Crippen molar-refractivity contribution in [1.82, 2.24) is 10.3 Å². The van der Waals surface area contributed by atoms with Crippen LogP contribution in [0.5, 0.6) is 11.6 Å². The number of alkyl halides is 2. The zero-order valence-electron chi connectivity index (χ0n) is 12.1. The summed E-state index contributed by atoms with van der Waals surface area (Å²) in [6.07, 6.45) is 1.11. The van der Waals surface area contributed by atoms with Crippen LogP contribution in [0.15, 0.2) is 48.7 Å². The molecular formula is C16H15F2N3O2. The molecule has 1 aliphatic rings. The number of hydrogen-bond acceptors (Lipinski definition) is 4. The summed E-state index contributed by atoms with van der Waals surface area (Å²) in [7, 11) is 0. The lowest BCUT2D eigenvalue weighted by Crippen LogP contribution is -2.35. The first-order chi connectivity index (χ1) is 11.0. The molecule has 1 fully saturated rings. The first kappa shape index (κ1) is 15.4. The summed E-state index contributed by atoms with van der Waals surface area (Å²) >= 11 is 0. The highest BCUT2D eigenvalue weighted by molar-refractivity contribution is 5.95. The number of anilines is 1. The van der Waals surface area contributed by atoms with E-state index in [4.69, 9.17) is 4.74 Å². The van der Waals surface area contributed by atoms with Crippen LogP contribution in [0.4, 0.5) is 14.5 Å². The van der Waals surface area contributed by atoms with Crippen LogP contribution in [0.2, 0.25) is 0 Å². The number of carbonyl (C=O) groups excluding carboxylic acids is 1. The van der Waals surface area contributed by atoms with E-state index in [9.17, 15) is 13.6 Å².